The molecule has 0 radical (unpaired) electrons. The number of amides is 2. The number of rotatable bonds is 6. The van der Waals surface area contributed by atoms with Crippen LogP contribution >= 0.6 is 0 Å². The number of likely N-dealkylation sites (tertiary alicyclic amines) is 1. The molecule has 1 atom stereocenters. The Morgan fingerprint density at radius 3 is 2.21 bits per heavy atom. The molecule has 2 aromatic carbocycles. The van der Waals surface area contributed by atoms with Crippen molar-refractivity contribution in [1.82, 2.24) is 4.90 Å². The molecule has 0 spiro atoms. The monoisotopic (exact) mass is 471 g/mol. The summed E-state index contributed by atoms with van der Waals surface area (Å²) in [6, 6.07) is 11.2. The normalized spacial score (nSPS) is 15.5. The van der Waals surface area contributed by atoms with Gasteiger partial charge in [-0.1, -0.05) is 31.0 Å². The molecule has 33 heavy (non-hydrogen) atoms. The van der Waals surface area contributed by atoms with E-state index in [0.29, 0.717) is 30.0 Å². The zero-order chi connectivity index (χ0) is 24.2. The maximum absolute atomic E-state index is 13.2. The van der Waals surface area contributed by atoms with Crippen molar-refractivity contribution in [1.29, 1.82) is 0 Å². The second kappa shape index (κ2) is 10.4. The van der Waals surface area contributed by atoms with Crippen molar-refractivity contribution in [3.8, 4) is 0 Å². The predicted octanol–water partition coefficient (Wildman–Crippen LogP) is 4.11. The molecule has 2 aromatic rings. The van der Waals surface area contributed by atoms with Crippen LogP contribution in [0.25, 0.3) is 0 Å². The van der Waals surface area contributed by atoms with Crippen molar-refractivity contribution in [3.63, 3.8) is 0 Å². The van der Waals surface area contributed by atoms with Gasteiger partial charge in [0.05, 0.1) is 23.2 Å². The number of sulfonamides is 1. The Bertz CT molecular complexity index is 1120. The number of benzene rings is 2. The van der Waals surface area contributed by atoms with E-state index in [2.05, 4.69) is 5.32 Å². The summed E-state index contributed by atoms with van der Waals surface area (Å²) >= 11 is 0. The van der Waals surface area contributed by atoms with Gasteiger partial charge in [-0.15, -0.1) is 0 Å². The van der Waals surface area contributed by atoms with Crippen LogP contribution in [0.15, 0.2) is 42.5 Å². The second-order valence-electron chi connectivity index (χ2n) is 8.74. The van der Waals surface area contributed by atoms with Crippen LogP contribution in [0.1, 0.15) is 54.1 Å². The van der Waals surface area contributed by atoms with Crippen LogP contribution in [-0.4, -0.2) is 50.5 Å². The Labute approximate surface area is 196 Å². The first kappa shape index (κ1) is 24.8. The third kappa shape index (κ3) is 5.93. The molecule has 1 fully saturated rings. The molecule has 0 saturated carbocycles. The summed E-state index contributed by atoms with van der Waals surface area (Å²) < 4.78 is 26.4. The number of hydrogen-bond acceptors (Lipinski definition) is 4. The number of nitrogens with one attached hydrogen (secondary N) is 1. The third-order valence-electron chi connectivity index (χ3n) is 6.14. The molecule has 7 nitrogen and oxygen atoms in total. The molecule has 0 aliphatic carbocycles. The molecule has 1 heterocycles. The second-order valence-corrected chi connectivity index (χ2v) is 10.6. The first-order valence-electron chi connectivity index (χ1n) is 11.4. The molecule has 1 saturated heterocycles. The van der Waals surface area contributed by atoms with Gasteiger partial charge in [0.25, 0.3) is 5.91 Å². The van der Waals surface area contributed by atoms with E-state index in [0.717, 1.165) is 47.4 Å². The Morgan fingerprint density at radius 1 is 0.970 bits per heavy atom. The van der Waals surface area contributed by atoms with Gasteiger partial charge in [-0.05, 0) is 69.0 Å². The van der Waals surface area contributed by atoms with Crippen LogP contribution in [0, 0.1) is 13.8 Å². The highest BCUT2D eigenvalue weighted by molar-refractivity contribution is 7.92. The lowest BCUT2D eigenvalue weighted by atomic mass is 10.1. The van der Waals surface area contributed by atoms with Crippen LogP contribution in [-0.2, 0) is 14.8 Å². The number of nitrogens with zero attached hydrogens (tertiary/aromatic N) is 2. The Morgan fingerprint density at radius 2 is 1.61 bits per heavy atom. The van der Waals surface area contributed by atoms with E-state index in [9.17, 15) is 18.0 Å². The lowest BCUT2D eigenvalue weighted by molar-refractivity contribution is -0.116. The van der Waals surface area contributed by atoms with Crippen molar-refractivity contribution in [2.75, 3.05) is 29.0 Å². The summed E-state index contributed by atoms with van der Waals surface area (Å²) in [5.41, 5.74) is 3.19. The lowest BCUT2D eigenvalue weighted by Crippen LogP contribution is -2.45. The van der Waals surface area contributed by atoms with Crippen molar-refractivity contribution < 1.29 is 18.0 Å². The zero-order valence-electron chi connectivity index (χ0n) is 19.8. The summed E-state index contributed by atoms with van der Waals surface area (Å²) in [7, 11) is -3.73. The first-order chi connectivity index (χ1) is 15.6. The average molecular weight is 472 g/mol. The zero-order valence-corrected chi connectivity index (χ0v) is 20.6. The molecule has 2 amide bonds. The van der Waals surface area contributed by atoms with E-state index in [1.807, 2.05) is 24.8 Å². The van der Waals surface area contributed by atoms with Gasteiger partial charge in [-0.25, -0.2) is 8.42 Å². The Hall–Kier alpha value is -2.87. The van der Waals surface area contributed by atoms with Crippen molar-refractivity contribution in [2.45, 2.75) is 52.5 Å². The number of carbonyl (C=O) groups excluding carboxylic acids is 2. The Kier molecular flexibility index (Phi) is 7.79. The van der Waals surface area contributed by atoms with Gasteiger partial charge in [-0.3, -0.25) is 13.9 Å². The molecule has 8 heteroatoms. The van der Waals surface area contributed by atoms with Crippen molar-refractivity contribution >= 4 is 33.2 Å². The number of aryl methyl sites for hydroxylation is 2. The van der Waals surface area contributed by atoms with Gasteiger partial charge >= 0.3 is 0 Å². The lowest BCUT2D eigenvalue weighted by Gasteiger charge is -2.29. The minimum absolute atomic E-state index is 0.116. The van der Waals surface area contributed by atoms with Crippen molar-refractivity contribution in [3.05, 3.63) is 59.2 Å². The highest BCUT2D eigenvalue weighted by Gasteiger charge is 2.30. The molecule has 1 N–H and O–H groups in total. The minimum Gasteiger partial charge on any atom is -0.339 e. The molecule has 178 valence electrons. The third-order valence-corrected chi connectivity index (χ3v) is 7.38. The van der Waals surface area contributed by atoms with Gasteiger partial charge in [0.1, 0.15) is 6.04 Å². The smallest absolute Gasteiger partial charge is 0.255 e. The maximum Gasteiger partial charge on any atom is 0.255 e. The molecule has 0 bridgehead atoms. The van der Waals surface area contributed by atoms with E-state index < -0.39 is 22.0 Å². The van der Waals surface area contributed by atoms with E-state index in [1.54, 1.807) is 43.3 Å². The highest BCUT2D eigenvalue weighted by Crippen LogP contribution is 2.25. The fraction of sp³-hybridized carbons (Fsp3) is 0.440. The summed E-state index contributed by atoms with van der Waals surface area (Å²) in [5.74, 6) is -0.621. The van der Waals surface area contributed by atoms with E-state index >= 15 is 0 Å². The molecule has 0 aromatic heterocycles. The first-order valence-corrected chi connectivity index (χ1v) is 13.2. The number of carbonyl (C=O) groups is 2. The molecule has 1 aliphatic rings. The van der Waals surface area contributed by atoms with Crippen LogP contribution in [0.3, 0.4) is 0 Å². The summed E-state index contributed by atoms with van der Waals surface area (Å²) in [5, 5.41) is 2.80. The Balaban J connectivity index is 1.86. The fourth-order valence-corrected chi connectivity index (χ4v) is 5.30. The van der Waals surface area contributed by atoms with E-state index in [4.69, 9.17) is 0 Å². The molecular formula is C25H33N3O4S. The fourth-order valence-electron chi connectivity index (χ4n) is 4.13. The molecule has 1 aliphatic heterocycles. The largest absolute Gasteiger partial charge is 0.339 e. The van der Waals surface area contributed by atoms with Crippen LogP contribution in [0.5, 0.6) is 0 Å². The topological polar surface area (TPSA) is 86.8 Å². The predicted molar refractivity (Wildman–Crippen MR) is 132 cm³/mol. The van der Waals surface area contributed by atoms with Crippen LogP contribution in [0.4, 0.5) is 11.4 Å². The standard InChI is InChI=1S/C25H33N3O4S/c1-18-13-14-21(17-19(18)2)28(33(4,31)32)20(3)24(29)26-23-12-8-7-11-22(23)25(30)27-15-9-5-6-10-16-27/h7-8,11-14,17,20H,5-6,9-10,15-16H2,1-4H3,(H,26,29)/t20-/m0/s1. The summed E-state index contributed by atoms with van der Waals surface area (Å²) in [6.07, 6.45) is 5.24. The molecule has 0 unspecified atom stereocenters. The van der Waals surface area contributed by atoms with Gasteiger partial charge in [0.2, 0.25) is 15.9 Å². The quantitative estimate of drug-likeness (QED) is 0.687. The molecular weight excluding hydrogens is 438 g/mol. The minimum atomic E-state index is -3.73. The van der Waals surface area contributed by atoms with Crippen molar-refractivity contribution in [2.24, 2.45) is 0 Å². The average Bonchev–Trinajstić information content (AvgIpc) is 3.05. The summed E-state index contributed by atoms with van der Waals surface area (Å²) in [6.45, 7) is 6.79. The van der Waals surface area contributed by atoms with E-state index in [1.165, 1.54) is 0 Å². The van der Waals surface area contributed by atoms with Gasteiger partial charge in [-0.2, -0.15) is 0 Å². The van der Waals surface area contributed by atoms with E-state index in [-0.39, 0.29) is 5.91 Å². The van der Waals surface area contributed by atoms with Crippen LogP contribution < -0.4 is 9.62 Å². The highest BCUT2D eigenvalue weighted by atomic mass is 32.2. The number of para-hydroxylation sites is 1. The van der Waals surface area contributed by atoms with Gasteiger partial charge < -0.3 is 10.2 Å². The van der Waals surface area contributed by atoms with Crippen LogP contribution in [0.2, 0.25) is 0 Å². The van der Waals surface area contributed by atoms with Gasteiger partial charge in [0, 0.05) is 13.1 Å². The molecule has 3 rings (SSSR count). The SMILES string of the molecule is Cc1ccc(N([C@@H](C)C(=O)Nc2ccccc2C(=O)N2CCCCCC2)S(C)(=O)=O)cc1C. The van der Waals surface area contributed by atoms with Gasteiger partial charge in [0.15, 0.2) is 0 Å². The maximum atomic E-state index is 13.2. The number of hydrogen-bond donors (Lipinski definition) is 1. The summed E-state index contributed by atoms with van der Waals surface area (Å²) in [4.78, 5) is 28.2. The number of anilines is 2.